The number of aliphatic hydroxyl groups is 3. The largest absolute Gasteiger partial charge is 0.460 e. The molecule has 20 heteroatoms. The lowest BCUT2D eigenvalue weighted by atomic mass is 9.78. The van der Waals surface area contributed by atoms with Crippen LogP contribution in [-0.2, 0) is 76.1 Å². The number of carbonyl (C=O) groups excluding carboxylic acids is 5. The fraction of sp³-hybridized carbons (Fsp3) is 0.800. The van der Waals surface area contributed by atoms with Crippen molar-refractivity contribution in [3.63, 3.8) is 0 Å². The van der Waals surface area contributed by atoms with Gasteiger partial charge < -0.3 is 72.3 Å². The first-order valence-electron chi connectivity index (χ1n) is 31.4. The number of aliphatic hydroxyl groups excluding tert-OH is 2. The van der Waals surface area contributed by atoms with Crippen molar-refractivity contribution in [2.45, 2.75) is 206 Å². The number of carbonyl (C=O) groups is 5. The minimum atomic E-state index is -2.45. The summed E-state index contributed by atoms with van der Waals surface area (Å²) in [6.07, 6.45) is 10.9. The number of rotatable bonds is 24. The van der Waals surface area contributed by atoms with E-state index in [1.807, 2.05) is 65.0 Å². The van der Waals surface area contributed by atoms with Gasteiger partial charge in [0.05, 0.1) is 77.3 Å². The topological polar surface area (TPSA) is 251 Å². The number of hydrogen-bond donors (Lipinski definition) is 3. The van der Waals surface area contributed by atoms with Crippen LogP contribution in [0.25, 0.3) is 0 Å². The predicted molar refractivity (Wildman–Crippen MR) is 319 cm³/mol. The summed E-state index contributed by atoms with van der Waals surface area (Å²) in [6, 6.07) is -1.16. The van der Waals surface area contributed by atoms with E-state index in [-0.39, 0.29) is 55.3 Å². The van der Waals surface area contributed by atoms with Crippen molar-refractivity contribution in [1.29, 1.82) is 0 Å². The minimum absolute atomic E-state index is 0.00819. The van der Waals surface area contributed by atoms with E-state index in [0.717, 1.165) is 5.57 Å². The van der Waals surface area contributed by atoms with E-state index in [1.54, 1.807) is 41.1 Å². The molecule has 16 atom stereocenters. The summed E-state index contributed by atoms with van der Waals surface area (Å²) in [5, 5.41) is 35.7. The number of cyclic esters (lactones) is 1. The van der Waals surface area contributed by atoms with Crippen LogP contribution in [-0.4, -0.2) is 204 Å². The van der Waals surface area contributed by atoms with Gasteiger partial charge in [0, 0.05) is 78.1 Å². The van der Waals surface area contributed by atoms with Crippen LogP contribution in [0.2, 0.25) is 0 Å². The zero-order chi connectivity index (χ0) is 62.5. The van der Waals surface area contributed by atoms with Gasteiger partial charge in [-0.1, -0.05) is 71.1 Å². The molecule has 1 saturated carbocycles. The van der Waals surface area contributed by atoms with Crippen LogP contribution in [0.4, 0.5) is 0 Å². The van der Waals surface area contributed by atoms with E-state index in [4.69, 9.17) is 52.1 Å². The molecule has 0 unspecified atom stereocenters. The molecule has 486 valence electrons. The number of ketones is 2. The van der Waals surface area contributed by atoms with E-state index >= 15 is 0 Å². The first kappa shape index (κ1) is 73.7. The highest BCUT2D eigenvalue weighted by atomic mass is 16.6. The Morgan fingerprint density at radius 1 is 0.741 bits per heavy atom. The maximum atomic E-state index is 14.7. The van der Waals surface area contributed by atoms with E-state index in [2.05, 4.69) is 0 Å². The molecule has 0 radical (unpaired) electrons. The fourth-order valence-corrected chi connectivity index (χ4v) is 11.9. The summed E-state index contributed by atoms with van der Waals surface area (Å²) >= 11 is 0. The standard InChI is InChI=1S/C65H107NO19/c1-12-78-29-30-80-33-34-82-36-35-81-32-31-79-28-18-22-58(68)83-54-26-24-50(40-57(54)76-10)39-46(5)56-42-53(67)45(4)38-48(7)60(70)61(77-11)59(69)47(6)37-43(2)19-14-13-15-20-44(3)55(75-9)41-51-25-23-49(8)65(74,85-51)62(71)63(72)66-27-17-16-21-52(66)64(73)84-56/h13-15,19-20,38,43,45-47,49-57,60-61,67,70,74H,12,16-18,21-37,39-42H2,1-11H3/b15-13+,19-14+,44-20+,48-38+/t43-,45-,46-,47-,49-,50+,51+,52+,53-,54-,55+,56+,57-,60-,61+,65-/m1/s1. The number of allylic oxidation sites excluding steroid dienone is 5. The van der Waals surface area contributed by atoms with Gasteiger partial charge in [-0.3, -0.25) is 19.2 Å². The Hall–Kier alpha value is -3.77. The van der Waals surface area contributed by atoms with Gasteiger partial charge in [0.1, 0.15) is 30.5 Å². The highest BCUT2D eigenvalue weighted by Crippen LogP contribution is 2.38. The molecule has 0 aromatic rings. The van der Waals surface area contributed by atoms with Gasteiger partial charge in [-0.05, 0) is 120 Å². The maximum absolute atomic E-state index is 14.7. The average Bonchev–Trinajstić information content (AvgIpc) is 2.10. The molecule has 2 saturated heterocycles. The van der Waals surface area contributed by atoms with Crippen molar-refractivity contribution in [3.8, 4) is 0 Å². The molecule has 1 aliphatic carbocycles. The molecule has 4 rings (SSSR count). The number of nitrogens with zero attached hydrogens (tertiary/aromatic N) is 1. The number of piperidine rings is 1. The molecule has 3 aliphatic heterocycles. The highest BCUT2D eigenvalue weighted by Gasteiger charge is 2.53. The van der Waals surface area contributed by atoms with Gasteiger partial charge in [-0.2, -0.15) is 0 Å². The van der Waals surface area contributed by atoms with Crippen molar-refractivity contribution >= 4 is 29.4 Å². The van der Waals surface area contributed by atoms with Crippen molar-refractivity contribution < 1.29 is 91.4 Å². The van der Waals surface area contributed by atoms with Crippen LogP contribution < -0.4 is 0 Å². The van der Waals surface area contributed by atoms with Crippen molar-refractivity contribution in [2.24, 2.45) is 35.5 Å². The molecular weight excluding hydrogens is 1100 g/mol. The Morgan fingerprint density at radius 2 is 1.40 bits per heavy atom. The van der Waals surface area contributed by atoms with Crippen molar-refractivity contribution in [2.75, 3.05) is 93.9 Å². The highest BCUT2D eigenvalue weighted by molar-refractivity contribution is 6.39. The molecule has 85 heavy (non-hydrogen) atoms. The maximum Gasteiger partial charge on any atom is 0.329 e. The average molecular weight is 1210 g/mol. The second-order valence-corrected chi connectivity index (χ2v) is 24.0. The summed E-state index contributed by atoms with van der Waals surface area (Å²) in [7, 11) is 4.56. The third-order valence-corrected chi connectivity index (χ3v) is 17.3. The second-order valence-electron chi connectivity index (χ2n) is 24.0. The monoisotopic (exact) mass is 1210 g/mol. The van der Waals surface area contributed by atoms with Crippen LogP contribution in [0, 0.1) is 35.5 Å². The molecule has 20 nitrogen and oxygen atoms in total. The number of methoxy groups -OCH3 is 3. The molecule has 1 amide bonds. The van der Waals surface area contributed by atoms with Gasteiger partial charge >= 0.3 is 11.9 Å². The third kappa shape index (κ3) is 24.3. The van der Waals surface area contributed by atoms with Gasteiger partial charge in [-0.25, -0.2) is 4.79 Å². The number of Topliss-reactive ketones (excluding diaryl/α,β-unsaturated/α-hetero) is 2. The quantitative estimate of drug-likeness (QED) is 0.0368. The number of ether oxygens (including phenoxy) is 11. The van der Waals surface area contributed by atoms with Crippen LogP contribution in [0.15, 0.2) is 47.6 Å². The molecule has 2 bridgehead atoms. The number of hydrogen-bond acceptors (Lipinski definition) is 19. The first-order valence-corrected chi connectivity index (χ1v) is 31.4. The number of fused-ring (bicyclic) bond motifs is 3. The van der Waals surface area contributed by atoms with E-state index in [1.165, 1.54) is 12.0 Å². The van der Waals surface area contributed by atoms with E-state index in [9.17, 15) is 39.3 Å². The molecule has 3 N–H and O–H groups in total. The first-order chi connectivity index (χ1) is 40.7. The molecule has 0 aromatic heterocycles. The normalized spacial score (nSPS) is 34.5. The predicted octanol–water partition coefficient (Wildman–Crippen LogP) is 7.41. The van der Waals surface area contributed by atoms with Gasteiger partial charge in [0.2, 0.25) is 5.79 Å². The summed E-state index contributed by atoms with van der Waals surface area (Å²) in [4.78, 5) is 71.7. The lowest BCUT2D eigenvalue weighted by Gasteiger charge is -2.43. The Morgan fingerprint density at radius 3 is 2.04 bits per heavy atom. The smallest absolute Gasteiger partial charge is 0.329 e. The summed E-state index contributed by atoms with van der Waals surface area (Å²) in [6.45, 7) is 19.6. The second kappa shape index (κ2) is 39.3. The number of amides is 1. The van der Waals surface area contributed by atoms with Crippen LogP contribution in [0.3, 0.4) is 0 Å². The molecular formula is C65H107NO19. The van der Waals surface area contributed by atoms with Gasteiger partial charge in [0.25, 0.3) is 11.7 Å². The molecule has 3 heterocycles. The summed E-state index contributed by atoms with van der Waals surface area (Å²) in [5.41, 5.74) is 1.30. The summed E-state index contributed by atoms with van der Waals surface area (Å²) in [5.74, 6) is -8.02. The van der Waals surface area contributed by atoms with Crippen LogP contribution in [0.1, 0.15) is 145 Å². The minimum Gasteiger partial charge on any atom is -0.460 e. The van der Waals surface area contributed by atoms with Gasteiger partial charge in [-0.15, -0.1) is 0 Å². The lowest BCUT2D eigenvalue weighted by molar-refractivity contribution is -0.265. The van der Waals surface area contributed by atoms with Crippen molar-refractivity contribution in [1.82, 2.24) is 4.90 Å². The Bertz CT molecular complexity index is 2130. The number of esters is 2. The van der Waals surface area contributed by atoms with Crippen LogP contribution in [0.5, 0.6) is 0 Å². The molecule has 0 aromatic carbocycles. The lowest BCUT2D eigenvalue weighted by Crippen LogP contribution is -2.61. The van der Waals surface area contributed by atoms with Crippen molar-refractivity contribution in [3.05, 3.63) is 47.6 Å². The third-order valence-electron chi connectivity index (χ3n) is 17.3. The SMILES string of the molecule is CCOCCOCCOCCOCCOCCCC(=O)O[C@@H]1CC[C@@H](C[C@@H](C)[C@@H]2C[C@@H](O)[C@H](C)/C=C(\C)[C@@H](O)[C@@H](OC)C(=O)[C@H](C)C[C@H](C)/C=C/C=C/C=C(\C)[C@@H](OC)C[C@@H]3CC[C@@H](C)[C@@](O)(O3)C(=O)C(=O)N3CCCC[C@H]3C(=O)O2)C[C@H]1OC. The van der Waals surface area contributed by atoms with Crippen LogP contribution >= 0.6 is 0 Å². The zero-order valence-electron chi connectivity index (χ0n) is 53.1. The Balaban J connectivity index is 1.48. The van der Waals surface area contributed by atoms with E-state index in [0.29, 0.717) is 142 Å². The fourth-order valence-electron chi connectivity index (χ4n) is 11.9. The summed E-state index contributed by atoms with van der Waals surface area (Å²) < 4.78 is 63.4. The van der Waals surface area contributed by atoms with Gasteiger partial charge in [0.15, 0.2) is 5.78 Å². The molecule has 0 spiro atoms. The molecule has 3 fully saturated rings. The zero-order valence-corrected chi connectivity index (χ0v) is 53.1. The Kier molecular flexibility index (Phi) is 34.1. The van der Waals surface area contributed by atoms with E-state index < -0.39 is 96.1 Å². The molecule has 4 aliphatic rings. The Labute approximate surface area is 507 Å².